The topological polar surface area (TPSA) is 245 Å². The fraction of sp³-hybridized carbons (Fsp3) is 0.885. The fourth-order valence-corrected chi connectivity index (χ4v) is 6.78. The lowest BCUT2D eigenvalue weighted by molar-refractivity contribution is -0.162. The van der Waals surface area contributed by atoms with Gasteiger partial charge in [0.25, 0.3) is 0 Å². The van der Waals surface area contributed by atoms with Gasteiger partial charge in [0.1, 0.15) is 12.2 Å². The first-order valence-corrected chi connectivity index (χ1v) is 22.9. The smallest absolute Gasteiger partial charge is 0.309 e. The van der Waals surface area contributed by atoms with Crippen molar-refractivity contribution in [2.24, 2.45) is 35.5 Å². The van der Waals surface area contributed by atoms with Crippen molar-refractivity contribution >= 4 is 35.8 Å². The molecule has 0 bridgehead atoms. The number of aliphatic hydroxyl groups excluding tert-OH is 2. The highest BCUT2D eigenvalue weighted by Crippen LogP contribution is 2.41. The summed E-state index contributed by atoms with van der Waals surface area (Å²) in [6.07, 6.45) is 13.9. The van der Waals surface area contributed by atoms with Gasteiger partial charge in [0.15, 0.2) is 0 Å². The zero-order valence-corrected chi connectivity index (χ0v) is 39.1. The van der Waals surface area contributed by atoms with Gasteiger partial charge in [0, 0.05) is 6.92 Å². The SMILES string of the molecule is C.C.C.C.C.C.CC(C)C(=O)O.CC(C)C(=O)O.CC(C)C(=O)OC1CCCCC1O.CC(C)C(=O)OC1CCCCC1O.CCOC(C)=O.O=C(OCC1CCC2OC2C1)C1CCC2OC2C1. The minimum absolute atomic E-state index is 0. The summed E-state index contributed by atoms with van der Waals surface area (Å²) in [6.45, 7) is 18.0. The number of fused-ring (bicyclic) bond motifs is 2. The Hall–Kier alpha value is -3.34. The van der Waals surface area contributed by atoms with Crippen LogP contribution in [0.4, 0.5) is 0 Å². The van der Waals surface area contributed by atoms with Crippen LogP contribution in [0.15, 0.2) is 0 Å². The number of carbonyl (C=O) groups excluding carboxylic acids is 4. The molecular weight excluding hydrogens is 881 g/mol. The van der Waals surface area contributed by atoms with Gasteiger partial charge in [-0.2, -0.15) is 0 Å². The summed E-state index contributed by atoms with van der Waals surface area (Å²) in [5.74, 6) is -2.16. The summed E-state index contributed by atoms with van der Waals surface area (Å²) in [5, 5.41) is 35.0. The lowest BCUT2D eigenvalue weighted by Crippen LogP contribution is -2.35. The molecule has 408 valence electrons. The highest BCUT2D eigenvalue weighted by Gasteiger charge is 2.47. The first-order valence-electron chi connectivity index (χ1n) is 22.9. The van der Waals surface area contributed by atoms with E-state index < -0.39 is 24.1 Å². The molecule has 0 amide bonds. The van der Waals surface area contributed by atoms with Crippen molar-refractivity contribution in [2.45, 2.75) is 253 Å². The monoisotopic (exact) mass is 985 g/mol. The summed E-state index contributed by atoms with van der Waals surface area (Å²) in [4.78, 5) is 63.7. The highest BCUT2D eigenvalue weighted by atomic mass is 16.6. The van der Waals surface area contributed by atoms with Crippen molar-refractivity contribution in [3.05, 3.63) is 0 Å². The second-order valence-corrected chi connectivity index (χ2v) is 18.1. The van der Waals surface area contributed by atoms with Crippen molar-refractivity contribution in [3.8, 4) is 0 Å². The molecular formula is C52H104O16. The van der Waals surface area contributed by atoms with Crippen molar-refractivity contribution in [2.75, 3.05) is 13.2 Å². The average molecular weight is 985 g/mol. The molecule has 68 heavy (non-hydrogen) atoms. The second kappa shape index (κ2) is 40.4. The molecule has 2 heterocycles. The summed E-state index contributed by atoms with van der Waals surface area (Å²) in [5.41, 5.74) is 0. The molecule has 10 unspecified atom stereocenters. The molecule has 0 aromatic carbocycles. The zero-order valence-electron chi connectivity index (χ0n) is 39.1. The van der Waals surface area contributed by atoms with Crippen LogP contribution >= 0.6 is 0 Å². The minimum atomic E-state index is -0.741. The molecule has 0 aromatic heterocycles. The van der Waals surface area contributed by atoms with Crippen LogP contribution in [0.1, 0.15) is 204 Å². The van der Waals surface area contributed by atoms with E-state index in [9.17, 15) is 39.0 Å². The van der Waals surface area contributed by atoms with Crippen LogP contribution in [0.3, 0.4) is 0 Å². The Bertz CT molecular complexity index is 1290. The van der Waals surface area contributed by atoms with E-state index >= 15 is 0 Å². The average Bonchev–Trinajstić information content (AvgIpc) is 4.15. The predicted octanol–water partition coefficient (Wildman–Crippen LogP) is 10.5. The number of carboxylic acid groups (broad SMARTS) is 2. The van der Waals surface area contributed by atoms with Gasteiger partial charge < -0.3 is 48.8 Å². The van der Waals surface area contributed by atoms with Crippen LogP contribution in [-0.4, -0.2) is 118 Å². The molecule has 2 saturated heterocycles. The van der Waals surface area contributed by atoms with Gasteiger partial charge in [-0.15, -0.1) is 0 Å². The van der Waals surface area contributed by atoms with E-state index in [-0.39, 0.29) is 110 Å². The molecule has 4 N–H and O–H groups in total. The molecule has 4 saturated carbocycles. The van der Waals surface area contributed by atoms with E-state index in [1.807, 2.05) is 0 Å². The van der Waals surface area contributed by atoms with E-state index in [2.05, 4.69) is 4.74 Å². The number of carbonyl (C=O) groups is 6. The number of carboxylic acids is 2. The molecule has 6 fully saturated rings. The third-order valence-corrected chi connectivity index (χ3v) is 11.1. The second-order valence-electron chi connectivity index (χ2n) is 18.1. The Labute approximate surface area is 413 Å². The van der Waals surface area contributed by atoms with E-state index in [1.165, 1.54) is 6.92 Å². The molecule has 6 aliphatic rings. The maximum Gasteiger partial charge on any atom is 0.309 e. The first-order chi connectivity index (χ1) is 29.1. The Balaban J connectivity index is -0.000000176. The zero-order chi connectivity index (χ0) is 47.1. The van der Waals surface area contributed by atoms with Gasteiger partial charge in [-0.1, -0.05) is 113 Å². The first kappa shape index (κ1) is 76.2. The van der Waals surface area contributed by atoms with Crippen molar-refractivity contribution in [3.63, 3.8) is 0 Å². The number of ether oxygens (including phenoxy) is 6. The van der Waals surface area contributed by atoms with Crippen LogP contribution in [0, 0.1) is 35.5 Å². The summed E-state index contributed by atoms with van der Waals surface area (Å²) in [7, 11) is 0. The molecule has 4 aliphatic carbocycles. The molecule has 16 heteroatoms. The van der Waals surface area contributed by atoms with Gasteiger partial charge in [0.05, 0.1) is 79.4 Å². The van der Waals surface area contributed by atoms with Crippen molar-refractivity contribution < 1.29 is 77.6 Å². The summed E-state index contributed by atoms with van der Waals surface area (Å²) >= 11 is 0. The molecule has 16 nitrogen and oxygen atoms in total. The largest absolute Gasteiger partial charge is 0.481 e. The number of aliphatic carboxylic acids is 2. The number of hydrogen-bond acceptors (Lipinski definition) is 14. The van der Waals surface area contributed by atoms with E-state index in [0.29, 0.717) is 43.5 Å². The fourth-order valence-electron chi connectivity index (χ4n) is 6.78. The van der Waals surface area contributed by atoms with Gasteiger partial charge in [-0.05, 0) is 89.9 Å². The summed E-state index contributed by atoms with van der Waals surface area (Å²) in [6, 6.07) is 0. The van der Waals surface area contributed by atoms with E-state index in [1.54, 1.807) is 62.3 Å². The standard InChI is InChI=1S/C14H20O4.2C10H18O3.3C4H8O2.6CH4/c15-14(9-2-4-11-13(6-9)18-11)16-7-8-1-3-10-12(5-8)17-10;2*1-7(2)10(12)13-9-6-4-3-5-8(9)11;1-3-6-4(2)5;2*1-3(2)4(5)6;;;;;;/h8-13H,1-7H2;2*7-9,11H,3-6H2,1-2H3;3H2,1-2H3;2*3H,1-2H3,(H,5,6);6*1H4. The quantitative estimate of drug-likeness (QED) is 0.0903. The van der Waals surface area contributed by atoms with Gasteiger partial charge in [-0.25, -0.2) is 0 Å². The van der Waals surface area contributed by atoms with Gasteiger partial charge in [-0.3, -0.25) is 28.8 Å². The molecule has 2 aliphatic heterocycles. The normalized spacial score (nSPS) is 26.3. The lowest BCUT2D eigenvalue weighted by atomic mass is 9.89. The van der Waals surface area contributed by atoms with Crippen LogP contribution in [0.25, 0.3) is 0 Å². The van der Waals surface area contributed by atoms with E-state index in [4.69, 9.17) is 33.9 Å². The van der Waals surface area contributed by atoms with E-state index in [0.717, 1.165) is 89.9 Å². The highest BCUT2D eigenvalue weighted by molar-refractivity contribution is 5.73. The Morgan fingerprint density at radius 2 is 0.882 bits per heavy atom. The Kier molecular flexibility index (Phi) is 45.2. The number of hydrogen-bond donors (Lipinski definition) is 4. The minimum Gasteiger partial charge on any atom is -0.481 e. The van der Waals surface area contributed by atoms with Crippen molar-refractivity contribution in [1.29, 1.82) is 0 Å². The molecule has 10 atom stereocenters. The number of aliphatic hydroxyl groups is 2. The molecule has 6 rings (SSSR count). The van der Waals surface area contributed by atoms with Gasteiger partial charge >= 0.3 is 35.8 Å². The Morgan fingerprint density at radius 3 is 1.18 bits per heavy atom. The predicted molar refractivity (Wildman–Crippen MR) is 269 cm³/mol. The third kappa shape index (κ3) is 33.2. The number of rotatable bonds is 10. The lowest BCUT2D eigenvalue weighted by Gasteiger charge is -2.27. The summed E-state index contributed by atoms with van der Waals surface area (Å²) < 4.78 is 31.2. The van der Waals surface area contributed by atoms with Crippen molar-refractivity contribution in [1.82, 2.24) is 0 Å². The molecule has 0 spiro atoms. The molecule has 0 aromatic rings. The van der Waals surface area contributed by atoms with Crippen LogP contribution in [0.2, 0.25) is 0 Å². The van der Waals surface area contributed by atoms with Crippen LogP contribution in [-0.2, 0) is 57.2 Å². The van der Waals surface area contributed by atoms with Gasteiger partial charge in [0.2, 0.25) is 0 Å². The maximum atomic E-state index is 12.0. The molecule has 0 radical (unpaired) electrons. The third-order valence-electron chi connectivity index (χ3n) is 11.1. The Morgan fingerprint density at radius 1 is 0.515 bits per heavy atom. The van der Waals surface area contributed by atoms with Crippen LogP contribution < -0.4 is 0 Å². The number of epoxide rings is 2. The maximum absolute atomic E-state index is 12.0. The van der Waals surface area contributed by atoms with Crippen LogP contribution in [0.5, 0.6) is 0 Å². The number of esters is 4.